The molecule has 1 aromatic carbocycles. The van der Waals surface area contributed by atoms with Crippen molar-refractivity contribution < 1.29 is 9.47 Å². The first kappa shape index (κ1) is 14.6. The van der Waals surface area contributed by atoms with Crippen molar-refractivity contribution in [3.63, 3.8) is 0 Å². The number of hydrogen-bond acceptors (Lipinski definition) is 6. The third-order valence-electron chi connectivity index (χ3n) is 3.46. The highest BCUT2D eigenvalue weighted by molar-refractivity contribution is 7.10. The van der Waals surface area contributed by atoms with Crippen LogP contribution in [0.5, 0.6) is 11.5 Å². The zero-order chi connectivity index (χ0) is 15.5. The Morgan fingerprint density at radius 1 is 1.14 bits per heavy atom. The van der Waals surface area contributed by atoms with Gasteiger partial charge in [-0.15, -0.1) is 11.3 Å². The Labute approximate surface area is 132 Å². The lowest BCUT2D eigenvalue weighted by Crippen LogP contribution is -2.07. The van der Waals surface area contributed by atoms with Gasteiger partial charge in [-0.1, -0.05) is 6.07 Å². The van der Waals surface area contributed by atoms with Gasteiger partial charge in [0.25, 0.3) is 0 Å². The van der Waals surface area contributed by atoms with Crippen LogP contribution >= 0.6 is 11.3 Å². The van der Waals surface area contributed by atoms with Gasteiger partial charge >= 0.3 is 0 Å². The number of nitrogens with zero attached hydrogens (tertiary/aromatic N) is 2. The van der Waals surface area contributed by atoms with Gasteiger partial charge < -0.3 is 14.8 Å². The van der Waals surface area contributed by atoms with Crippen molar-refractivity contribution >= 4 is 28.1 Å². The highest BCUT2D eigenvalue weighted by Gasteiger charge is 2.13. The number of benzene rings is 1. The molecule has 0 amide bonds. The number of hydrogen-bond donors (Lipinski definition) is 1. The lowest BCUT2D eigenvalue weighted by molar-refractivity contribution is 0.356. The van der Waals surface area contributed by atoms with Crippen LogP contribution in [0.2, 0.25) is 0 Å². The summed E-state index contributed by atoms with van der Waals surface area (Å²) >= 11 is 1.72. The van der Waals surface area contributed by atoms with E-state index in [-0.39, 0.29) is 6.04 Å². The summed E-state index contributed by atoms with van der Waals surface area (Å²) in [7, 11) is 3.23. The molecule has 0 bridgehead atoms. The normalized spacial score (nSPS) is 12.1. The van der Waals surface area contributed by atoms with Crippen molar-refractivity contribution in [2.24, 2.45) is 0 Å². The molecule has 1 N–H and O–H groups in total. The fraction of sp³-hybridized carbons (Fsp3) is 0.250. The molecule has 0 aliphatic rings. The predicted octanol–water partition coefficient (Wildman–Crippen LogP) is 3.88. The average Bonchev–Trinajstić information content (AvgIpc) is 3.08. The van der Waals surface area contributed by atoms with E-state index in [9.17, 15) is 0 Å². The van der Waals surface area contributed by atoms with E-state index in [1.165, 1.54) is 4.88 Å². The smallest absolute Gasteiger partial charge is 0.162 e. The van der Waals surface area contributed by atoms with Crippen molar-refractivity contribution in [3.05, 3.63) is 40.8 Å². The van der Waals surface area contributed by atoms with E-state index in [2.05, 4.69) is 33.7 Å². The molecule has 0 saturated carbocycles. The Bertz CT molecular complexity index is 774. The monoisotopic (exact) mass is 315 g/mol. The molecular weight excluding hydrogens is 298 g/mol. The second-order valence-corrected chi connectivity index (χ2v) is 5.81. The second kappa shape index (κ2) is 6.19. The molecule has 0 saturated heterocycles. The van der Waals surface area contributed by atoms with Gasteiger partial charge in [0.1, 0.15) is 12.1 Å². The third kappa shape index (κ3) is 2.69. The molecule has 0 fully saturated rings. The number of ether oxygens (including phenoxy) is 2. The van der Waals surface area contributed by atoms with Crippen LogP contribution in [0.15, 0.2) is 36.0 Å². The Kier molecular flexibility index (Phi) is 4.11. The first-order valence-corrected chi connectivity index (χ1v) is 7.77. The number of thiophene rings is 1. The van der Waals surface area contributed by atoms with Crippen LogP contribution in [0.3, 0.4) is 0 Å². The zero-order valence-electron chi connectivity index (χ0n) is 12.7. The maximum absolute atomic E-state index is 5.37. The Hall–Kier alpha value is -2.34. The standard InChI is InChI=1S/C16H17N3O2S/c1-10(15-5-4-6-22-15)19-16-11-7-13(20-2)14(21-3)8-12(11)17-9-18-16/h4-10H,1-3H3,(H,17,18,19)/t10-/m1/s1. The van der Waals surface area contributed by atoms with Gasteiger partial charge in [0.2, 0.25) is 0 Å². The summed E-state index contributed by atoms with van der Waals surface area (Å²) < 4.78 is 10.7. The number of methoxy groups -OCH3 is 2. The minimum Gasteiger partial charge on any atom is -0.493 e. The van der Waals surface area contributed by atoms with Crippen molar-refractivity contribution in [1.29, 1.82) is 0 Å². The van der Waals surface area contributed by atoms with Gasteiger partial charge in [0.05, 0.1) is 25.8 Å². The lowest BCUT2D eigenvalue weighted by atomic mass is 10.2. The average molecular weight is 315 g/mol. The molecular formula is C16H17N3O2S. The van der Waals surface area contributed by atoms with Crippen molar-refractivity contribution in [1.82, 2.24) is 9.97 Å². The van der Waals surface area contributed by atoms with Crippen LogP contribution in [0.25, 0.3) is 10.9 Å². The minimum atomic E-state index is 0.172. The summed E-state index contributed by atoms with van der Waals surface area (Å²) in [4.78, 5) is 9.94. The van der Waals surface area contributed by atoms with Gasteiger partial charge in [0.15, 0.2) is 11.5 Å². The first-order valence-electron chi connectivity index (χ1n) is 6.89. The van der Waals surface area contributed by atoms with Gasteiger partial charge in [-0.25, -0.2) is 9.97 Å². The number of nitrogens with one attached hydrogen (secondary N) is 1. The number of aromatic nitrogens is 2. The van der Waals surface area contributed by atoms with Crippen molar-refractivity contribution in [2.75, 3.05) is 19.5 Å². The topological polar surface area (TPSA) is 56.3 Å². The molecule has 3 rings (SSSR count). The van der Waals surface area contributed by atoms with Crippen LogP contribution in [-0.2, 0) is 0 Å². The van der Waals surface area contributed by atoms with Crippen LogP contribution in [-0.4, -0.2) is 24.2 Å². The third-order valence-corrected chi connectivity index (χ3v) is 4.52. The molecule has 0 radical (unpaired) electrons. The van der Waals surface area contributed by atoms with Crippen molar-refractivity contribution in [2.45, 2.75) is 13.0 Å². The first-order chi connectivity index (χ1) is 10.7. The molecule has 3 aromatic rings. The molecule has 2 aromatic heterocycles. The van der Waals surface area contributed by atoms with Gasteiger partial charge in [-0.3, -0.25) is 0 Å². The molecule has 6 heteroatoms. The lowest BCUT2D eigenvalue weighted by Gasteiger charge is -2.15. The number of fused-ring (bicyclic) bond motifs is 1. The highest BCUT2D eigenvalue weighted by Crippen LogP contribution is 2.34. The van der Waals surface area contributed by atoms with E-state index in [1.807, 2.05) is 18.2 Å². The van der Waals surface area contributed by atoms with Gasteiger partial charge in [0, 0.05) is 16.3 Å². The molecule has 0 unspecified atom stereocenters. The molecule has 22 heavy (non-hydrogen) atoms. The van der Waals surface area contributed by atoms with Gasteiger partial charge in [-0.05, 0) is 24.4 Å². The van der Waals surface area contributed by atoms with Crippen LogP contribution in [0, 0.1) is 0 Å². The zero-order valence-corrected chi connectivity index (χ0v) is 13.5. The summed E-state index contributed by atoms with van der Waals surface area (Å²) in [6.45, 7) is 2.11. The number of rotatable bonds is 5. The fourth-order valence-electron chi connectivity index (χ4n) is 2.31. The summed E-state index contributed by atoms with van der Waals surface area (Å²) in [5.41, 5.74) is 0.813. The summed E-state index contributed by atoms with van der Waals surface area (Å²) in [6, 6.07) is 8.08. The van der Waals surface area contributed by atoms with Crippen molar-refractivity contribution in [3.8, 4) is 11.5 Å². The summed E-state index contributed by atoms with van der Waals surface area (Å²) in [6.07, 6.45) is 1.55. The molecule has 114 valence electrons. The predicted molar refractivity (Wildman–Crippen MR) is 89.0 cm³/mol. The quantitative estimate of drug-likeness (QED) is 0.774. The Morgan fingerprint density at radius 3 is 2.59 bits per heavy atom. The van der Waals surface area contributed by atoms with E-state index in [1.54, 1.807) is 31.9 Å². The van der Waals surface area contributed by atoms with E-state index < -0.39 is 0 Å². The SMILES string of the molecule is COc1cc2ncnc(N[C@H](C)c3cccs3)c2cc1OC. The van der Waals surface area contributed by atoms with Gasteiger partial charge in [-0.2, -0.15) is 0 Å². The van der Waals surface area contributed by atoms with Crippen LogP contribution in [0.1, 0.15) is 17.8 Å². The van der Waals surface area contributed by atoms with Crippen LogP contribution < -0.4 is 14.8 Å². The van der Waals surface area contributed by atoms with E-state index in [0.29, 0.717) is 11.5 Å². The van der Waals surface area contributed by atoms with E-state index >= 15 is 0 Å². The maximum atomic E-state index is 5.37. The Balaban J connectivity index is 2.02. The molecule has 0 aliphatic heterocycles. The largest absolute Gasteiger partial charge is 0.493 e. The van der Waals surface area contributed by atoms with Crippen LogP contribution in [0.4, 0.5) is 5.82 Å². The molecule has 1 atom stereocenters. The summed E-state index contributed by atoms with van der Waals surface area (Å²) in [5.74, 6) is 2.11. The maximum Gasteiger partial charge on any atom is 0.162 e. The molecule has 2 heterocycles. The minimum absolute atomic E-state index is 0.172. The fourth-order valence-corrected chi connectivity index (χ4v) is 3.05. The van der Waals surface area contributed by atoms with E-state index in [0.717, 1.165) is 16.7 Å². The summed E-state index contributed by atoms with van der Waals surface area (Å²) in [5, 5.41) is 6.41. The number of anilines is 1. The molecule has 0 spiro atoms. The highest BCUT2D eigenvalue weighted by atomic mass is 32.1. The Morgan fingerprint density at radius 2 is 1.91 bits per heavy atom. The molecule has 5 nitrogen and oxygen atoms in total. The molecule has 0 aliphatic carbocycles. The van der Waals surface area contributed by atoms with E-state index in [4.69, 9.17) is 9.47 Å². The second-order valence-electron chi connectivity index (χ2n) is 4.83.